The maximum Gasteiger partial charge on any atom is 0.260 e. The van der Waals surface area contributed by atoms with Gasteiger partial charge in [0.1, 0.15) is 0 Å². The van der Waals surface area contributed by atoms with E-state index in [0.29, 0.717) is 5.75 Å². The van der Waals surface area contributed by atoms with Crippen LogP contribution in [0.1, 0.15) is 15.9 Å². The average molecular weight is 457 g/mol. The molecule has 0 aliphatic heterocycles. The van der Waals surface area contributed by atoms with Gasteiger partial charge in [-0.05, 0) is 12.1 Å². The summed E-state index contributed by atoms with van der Waals surface area (Å²) >= 11 is 0. The summed E-state index contributed by atoms with van der Waals surface area (Å²) in [6.45, 7) is -0.763. The number of anilines is 1. The molecular formula is C20H16F5N3O4. The van der Waals surface area contributed by atoms with Crippen LogP contribution in [0.15, 0.2) is 24.4 Å². The minimum atomic E-state index is -2.25. The molecule has 0 saturated carbocycles. The van der Waals surface area contributed by atoms with Crippen LogP contribution in [0, 0.1) is 29.1 Å². The lowest BCUT2D eigenvalue weighted by Crippen LogP contribution is -2.15. The van der Waals surface area contributed by atoms with Crippen LogP contribution < -0.4 is 19.5 Å². The van der Waals surface area contributed by atoms with Crippen LogP contribution in [-0.4, -0.2) is 37.0 Å². The van der Waals surface area contributed by atoms with Crippen molar-refractivity contribution in [1.82, 2.24) is 9.78 Å². The Bertz CT molecular complexity index is 1150. The summed E-state index contributed by atoms with van der Waals surface area (Å²) in [4.78, 5) is 12.7. The third-order valence-electron chi connectivity index (χ3n) is 4.45. The number of carbonyl (C=O) groups excluding carboxylic acids is 1. The van der Waals surface area contributed by atoms with E-state index in [-0.39, 0.29) is 22.9 Å². The lowest BCUT2D eigenvalue weighted by atomic mass is 10.1. The Hall–Kier alpha value is -3.83. The van der Waals surface area contributed by atoms with Crippen LogP contribution in [0.5, 0.6) is 17.2 Å². The third kappa shape index (κ3) is 4.03. The topological polar surface area (TPSA) is 74.6 Å². The zero-order valence-electron chi connectivity index (χ0n) is 16.9. The maximum atomic E-state index is 13.9. The molecule has 12 heteroatoms. The number of benzene rings is 2. The Labute approximate surface area is 178 Å². The molecular weight excluding hydrogens is 441 g/mol. The molecule has 0 aliphatic carbocycles. The first kappa shape index (κ1) is 22.8. The first-order valence-corrected chi connectivity index (χ1v) is 8.87. The van der Waals surface area contributed by atoms with E-state index in [1.54, 1.807) is 0 Å². The summed E-state index contributed by atoms with van der Waals surface area (Å²) in [6, 6.07) is 4.18. The highest BCUT2D eigenvalue weighted by molar-refractivity contribution is 6.06. The molecule has 0 saturated heterocycles. The van der Waals surface area contributed by atoms with Gasteiger partial charge in [0.25, 0.3) is 5.91 Å². The molecule has 7 nitrogen and oxygen atoms in total. The first-order chi connectivity index (χ1) is 15.2. The van der Waals surface area contributed by atoms with Crippen LogP contribution in [0.2, 0.25) is 0 Å². The first-order valence-electron chi connectivity index (χ1n) is 8.87. The fourth-order valence-electron chi connectivity index (χ4n) is 2.93. The Morgan fingerprint density at radius 3 is 2.03 bits per heavy atom. The van der Waals surface area contributed by atoms with E-state index in [1.807, 2.05) is 0 Å². The molecule has 1 N–H and O–H groups in total. The van der Waals surface area contributed by atoms with E-state index < -0.39 is 47.1 Å². The van der Waals surface area contributed by atoms with Gasteiger partial charge in [-0.3, -0.25) is 9.48 Å². The second-order valence-corrected chi connectivity index (χ2v) is 6.28. The minimum Gasteiger partial charge on any atom is -0.493 e. The normalized spacial score (nSPS) is 10.8. The van der Waals surface area contributed by atoms with E-state index >= 15 is 0 Å². The summed E-state index contributed by atoms with van der Waals surface area (Å²) in [5, 5.41) is 6.33. The molecule has 2 aromatic carbocycles. The Morgan fingerprint density at radius 1 is 0.875 bits per heavy atom. The summed E-state index contributed by atoms with van der Waals surface area (Å²) in [5.74, 6) is -10.4. The molecule has 1 heterocycles. The number of hydrogen-bond acceptors (Lipinski definition) is 5. The van der Waals surface area contributed by atoms with Crippen LogP contribution >= 0.6 is 0 Å². The number of halogens is 5. The second-order valence-electron chi connectivity index (χ2n) is 6.28. The molecule has 0 unspecified atom stereocenters. The summed E-state index contributed by atoms with van der Waals surface area (Å²) in [6.07, 6.45) is 1.19. The van der Waals surface area contributed by atoms with Gasteiger partial charge < -0.3 is 19.5 Å². The van der Waals surface area contributed by atoms with Gasteiger partial charge in [0, 0.05) is 12.3 Å². The van der Waals surface area contributed by atoms with Crippen molar-refractivity contribution in [2.24, 2.45) is 0 Å². The molecule has 0 atom stereocenters. The predicted octanol–water partition coefficient (Wildman–Crippen LogP) is 3.91. The number of amides is 1. The number of carbonyl (C=O) groups is 1. The second kappa shape index (κ2) is 9.12. The molecule has 3 aromatic rings. The van der Waals surface area contributed by atoms with E-state index in [2.05, 4.69) is 10.4 Å². The van der Waals surface area contributed by atoms with E-state index in [1.165, 1.54) is 45.7 Å². The predicted molar refractivity (Wildman–Crippen MR) is 102 cm³/mol. The van der Waals surface area contributed by atoms with Gasteiger partial charge in [0.15, 0.2) is 40.6 Å². The molecule has 32 heavy (non-hydrogen) atoms. The van der Waals surface area contributed by atoms with Crippen LogP contribution in [0.3, 0.4) is 0 Å². The van der Waals surface area contributed by atoms with Crippen molar-refractivity contribution in [1.29, 1.82) is 0 Å². The van der Waals surface area contributed by atoms with Crippen molar-refractivity contribution in [3.05, 3.63) is 64.6 Å². The number of nitrogens with zero attached hydrogens (tertiary/aromatic N) is 2. The van der Waals surface area contributed by atoms with Crippen molar-refractivity contribution in [2.75, 3.05) is 26.6 Å². The third-order valence-corrected chi connectivity index (χ3v) is 4.45. The van der Waals surface area contributed by atoms with Crippen molar-refractivity contribution in [3.8, 4) is 17.2 Å². The number of nitrogens with one attached hydrogen (secondary N) is 1. The summed E-state index contributed by atoms with van der Waals surface area (Å²) in [5.41, 5.74) is -0.997. The molecule has 1 amide bonds. The van der Waals surface area contributed by atoms with Crippen molar-refractivity contribution in [2.45, 2.75) is 6.54 Å². The largest absolute Gasteiger partial charge is 0.493 e. The van der Waals surface area contributed by atoms with E-state index in [0.717, 1.165) is 4.68 Å². The van der Waals surface area contributed by atoms with Crippen LogP contribution in [0.25, 0.3) is 0 Å². The van der Waals surface area contributed by atoms with Gasteiger partial charge >= 0.3 is 0 Å². The van der Waals surface area contributed by atoms with Gasteiger partial charge in [-0.15, -0.1) is 0 Å². The van der Waals surface area contributed by atoms with Gasteiger partial charge in [0.05, 0.1) is 39.0 Å². The van der Waals surface area contributed by atoms with Crippen molar-refractivity contribution in [3.63, 3.8) is 0 Å². The minimum absolute atomic E-state index is 0.0456. The highest BCUT2D eigenvalue weighted by atomic mass is 19.2. The summed E-state index contributed by atoms with van der Waals surface area (Å²) in [7, 11) is 4.10. The van der Waals surface area contributed by atoms with Crippen LogP contribution in [-0.2, 0) is 6.54 Å². The summed E-state index contributed by atoms with van der Waals surface area (Å²) < 4.78 is 84.2. The number of rotatable bonds is 7. The zero-order valence-corrected chi connectivity index (χ0v) is 16.9. The number of ether oxygens (including phenoxy) is 3. The molecule has 0 spiro atoms. The molecule has 170 valence electrons. The molecule has 1 aromatic heterocycles. The molecule has 0 radical (unpaired) electrons. The Morgan fingerprint density at radius 2 is 1.47 bits per heavy atom. The highest BCUT2D eigenvalue weighted by Gasteiger charge is 2.26. The smallest absolute Gasteiger partial charge is 0.260 e. The monoisotopic (exact) mass is 457 g/mol. The number of aromatic nitrogens is 2. The van der Waals surface area contributed by atoms with Crippen LogP contribution in [0.4, 0.5) is 27.8 Å². The van der Waals surface area contributed by atoms with Crippen molar-refractivity contribution >= 4 is 11.7 Å². The average Bonchev–Trinajstić information content (AvgIpc) is 3.24. The Balaban J connectivity index is 1.85. The molecule has 3 rings (SSSR count). The van der Waals surface area contributed by atoms with Crippen molar-refractivity contribution < 1.29 is 41.0 Å². The maximum absolute atomic E-state index is 13.9. The van der Waals surface area contributed by atoms with E-state index in [9.17, 15) is 26.7 Å². The zero-order chi connectivity index (χ0) is 23.6. The van der Waals surface area contributed by atoms with Gasteiger partial charge in [-0.25, -0.2) is 22.0 Å². The lowest BCUT2D eigenvalue weighted by molar-refractivity contribution is 0.102. The highest BCUT2D eigenvalue weighted by Crippen LogP contribution is 2.39. The van der Waals surface area contributed by atoms with E-state index in [4.69, 9.17) is 14.2 Å². The van der Waals surface area contributed by atoms with Gasteiger partial charge in [-0.1, -0.05) is 0 Å². The Kier molecular flexibility index (Phi) is 6.51. The molecule has 0 aliphatic rings. The fourth-order valence-corrected chi connectivity index (χ4v) is 2.93. The van der Waals surface area contributed by atoms with Gasteiger partial charge in [-0.2, -0.15) is 5.10 Å². The standard InChI is InChI=1S/C20H16F5N3O4/c1-30-11-5-4-9(18(31-2)19(11)32-3)20(29)26-12-6-7-28(27-12)8-10-13(21)15(23)17(25)16(24)14(10)22/h4-7H,8H2,1-3H3,(H,26,27,29). The fraction of sp³-hybridized carbons (Fsp3) is 0.200. The quantitative estimate of drug-likeness (QED) is 0.331. The molecule has 0 fully saturated rings. The number of methoxy groups -OCH3 is 3. The number of hydrogen-bond donors (Lipinski definition) is 1. The van der Waals surface area contributed by atoms with Gasteiger partial charge in [0.2, 0.25) is 11.6 Å². The molecule has 0 bridgehead atoms. The lowest BCUT2D eigenvalue weighted by Gasteiger charge is -2.15. The SMILES string of the molecule is COc1ccc(C(=O)Nc2ccn(Cc3c(F)c(F)c(F)c(F)c3F)n2)c(OC)c1OC.